The van der Waals surface area contributed by atoms with Gasteiger partial charge in [0.15, 0.2) is 0 Å². The minimum Gasteiger partial charge on any atom is -0.508 e. The standard InChI is InChI=1S/C14H19NO4/c1-9(2)6-15(7-14(17)18)12-8-19-13-5-10(16)3-4-11(12)13/h3-5,9,12,16H,6-8H2,1-2H3,(H,17,18). The number of rotatable bonds is 5. The highest BCUT2D eigenvalue weighted by Crippen LogP contribution is 2.38. The van der Waals surface area contributed by atoms with Crippen LogP contribution in [0.5, 0.6) is 11.5 Å². The molecule has 1 heterocycles. The van der Waals surface area contributed by atoms with Crippen molar-refractivity contribution in [3.63, 3.8) is 0 Å². The van der Waals surface area contributed by atoms with E-state index in [1.54, 1.807) is 18.2 Å². The van der Waals surface area contributed by atoms with Gasteiger partial charge in [0.25, 0.3) is 0 Å². The third kappa shape index (κ3) is 3.17. The number of carboxylic acid groups (broad SMARTS) is 1. The summed E-state index contributed by atoms with van der Waals surface area (Å²) in [7, 11) is 0. The van der Waals surface area contributed by atoms with Crippen LogP contribution in [-0.4, -0.2) is 40.8 Å². The average molecular weight is 265 g/mol. The van der Waals surface area contributed by atoms with E-state index in [-0.39, 0.29) is 18.3 Å². The number of carboxylic acids is 1. The summed E-state index contributed by atoms with van der Waals surface area (Å²) in [5, 5.41) is 18.5. The van der Waals surface area contributed by atoms with Crippen molar-refractivity contribution < 1.29 is 19.7 Å². The van der Waals surface area contributed by atoms with Crippen LogP contribution in [0.2, 0.25) is 0 Å². The SMILES string of the molecule is CC(C)CN(CC(=O)O)C1COc2cc(O)ccc21. The zero-order chi connectivity index (χ0) is 14.0. The van der Waals surface area contributed by atoms with Gasteiger partial charge in [0, 0.05) is 18.2 Å². The highest BCUT2D eigenvalue weighted by Gasteiger charge is 2.31. The smallest absolute Gasteiger partial charge is 0.317 e. The fourth-order valence-electron chi connectivity index (χ4n) is 2.43. The van der Waals surface area contributed by atoms with E-state index in [1.807, 2.05) is 4.90 Å². The first kappa shape index (κ1) is 13.7. The van der Waals surface area contributed by atoms with Gasteiger partial charge in [0.1, 0.15) is 18.1 Å². The number of aliphatic carboxylic acids is 1. The predicted octanol–water partition coefficient (Wildman–Crippen LogP) is 1.87. The molecular formula is C14H19NO4. The fourth-order valence-corrected chi connectivity index (χ4v) is 2.43. The molecule has 104 valence electrons. The Hall–Kier alpha value is -1.75. The Bertz CT molecular complexity index is 473. The molecule has 0 aliphatic carbocycles. The number of carbonyl (C=O) groups is 1. The molecule has 2 rings (SSSR count). The summed E-state index contributed by atoms with van der Waals surface area (Å²) in [6.45, 7) is 5.23. The molecule has 0 radical (unpaired) electrons. The molecule has 0 bridgehead atoms. The lowest BCUT2D eigenvalue weighted by Crippen LogP contribution is -2.37. The maximum atomic E-state index is 11.0. The van der Waals surface area contributed by atoms with Crippen LogP contribution < -0.4 is 4.74 Å². The van der Waals surface area contributed by atoms with Gasteiger partial charge in [-0.25, -0.2) is 0 Å². The second kappa shape index (κ2) is 5.48. The quantitative estimate of drug-likeness (QED) is 0.850. The third-order valence-electron chi connectivity index (χ3n) is 3.13. The molecular weight excluding hydrogens is 246 g/mol. The number of hydrogen-bond donors (Lipinski definition) is 2. The van der Waals surface area contributed by atoms with Crippen molar-refractivity contribution >= 4 is 5.97 Å². The Balaban J connectivity index is 2.22. The normalized spacial score (nSPS) is 17.6. The van der Waals surface area contributed by atoms with Crippen molar-refractivity contribution in [2.45, 2.75) is 19.9 Å². The molecule has 0 spiro atoms. The van der Waals surface area contributed by atoms with E-state index in [2.05, 4.69) is 13.8 Å². The second-order valence-corrected chi connectivity index (χ2v) is 5.27. The summed E-state index contributed by atoms with van der Waals surface area (Å²) in [5.74, 6) is 0.339. The molecule has 5 nitrogen and oxygen atoms in total. The Morgan fingerprint density at radius 3 is 2.89 bits per heavy atom. The van der Waals surface area contributed by atoms with Gasteiger partial charge >= 0.3 is 5.97 Å². The average Bonchev–Trinajstić information content (AvgIpc) is 2.69. The van der Waals surface area contributed by atoms with Gasteiger partial charge in [-0.2, -0.15) is 0 Å². The summed E-state index contributed by atoms with van der Waals surface area (Å²) in [6.07, 6.45) is 0. The molecule has 1 aromatic carbocycles. The zero-order valence-corrected chi connectivity index (χ0v) is 11.2. The highest BCUT2D eigenvalue weighted by molar-refractivity contribution is 5.69. The van der Waals surface area contributed by atoms with Crippen LogP contribution >= 0.6 is 0 Å². The lowest BCUT2D eigenvalue weighted by atomic mass is 10.1. The van der Waals surface area contributed by atoms with Crippen LogP contribution in [0.4, 0.5) is 0 Å². The number of benzene rings is 1. The molecule has 2 N–H and O–H groups in total. The molecule has 5 heteroatoms. The van der Waals surface area contributed by atoms with Gasteiger partial charge < -0.3 is 14.9 Å². The fraction of sp³-hybridized carbons (Fsp3) is 0.500. The first-order chi connectivity index (χ1) is 8.97. The highest BCUT2D eigenvalue weighted by atomic mass is 16.5. The van der Waals surface area contributed by atoms with Crippen molar-refractivity contribution in [2.24, 2.45) is 5.92 Å². The predicted molar refractivity (Wildman–Crippen MR) is 70.4 cm³/mol. The summed E-state index contributed by atoms with van der Waals surface area (Å²) < 4.78 is 5.54. The van der Waals surface area contributed by atoms with E-state index in [0.717, 1.165) is 5.56 Å². The Kier molecular flexibility index (Phi) is 3.95. The van der Waals surface area contributed by atoms with Gasteiger partial charge in [0.2, 0.25) is 0 Å². The molecule has 1 unspecified atom stereocenters. The Morgan fingerprint density at radius 2 is 2.26 bits per heavy atom. The minimum absolute atomic E-state index is 0.00742. The van der Waals surface area contributed by atoms with Crippen molar-refractivity contribution in [3.8, 4) is 11.5 Å². The van der Waals surface area contributed by atoms with Crippen LogP contribution in [0, 0.1) is 5.92 Å². The molecule has 1 aromatic rings. The number of phenolic OH excluding ortho intramolecular Hbond substituents is 1. The number of hydrogen-bond acceptors (Lipinski definition) is 4. The van der Waals surface area contributed by atoms with Gasteiger partial charge in [0.05, 0.1) is 12.6 Å². The van der Waals surface area contributed by atoms with E-state index in [1.165, 1.54) is 0 Å². The molecule has 19 heavy (non-hydrogen) atoms. The van der Waals surface area contributed by atoms with Crippen LogP contribution in [0.1, 0.15) is 25.5 Å². The second-order valence-electron chi connectivity index (χ2n) is 5.27. The van der Waals surface area contributed by atoms with Gasteiger partial charge in [-0.1, -0.05) is 13.8 Å². The largest absolute Gasteiger partial charge is 0.508 e. The van der Waals surface area contributed by atoms with Gasteiger partial charge in [-0.15, -0.1) is 0 Å². The molecule has 0 saturated carbocycles. The molecule has 0 fully saturated rings. The molecule has 0 aromatic heterocycles. The maximum Gasteiger partial charge on any atom is 0.317 e. The first-order valence-electron chi connectivity index (χ1n) is 6.39. The monoisotopic (exact) mass is 265 g/mol. The lowest BCUT2D eigenvalue weighted by molar-refractivity contribution is -0.139. The van der Waals surface area contributed by atoms with Crippen LogP contribution in [0.25, 0.3) is 0 Å². The van der Waals surface area contributed by atoms with E-state index in [4.69, 9.17) is 9.84 Å². The summed E-state index contributed by atoms with van der Waals surface area (Å²) in [5.41, 5.74) is 0.944. The molecule has 1 aliphatic rings. The van der Waals surface area contributed by atoms with E-state index >= 15 is 0 Å². The lowest BCUT2D eigenvalue weighted by Gasteiger charge is -2.28. The van der Waals surface area contributed by atoms with Crippen molar-refractivity contribution in [1.82, 2.24) is 4.90 Å². The van der Waals surface area contributed by atoms with E-state index < -0.39 is 5.97 Å². The van der Waals surface area contributed by atoms with Crippen molar-refractivity contribution in [3.05, 3.63) is 23.8 Å². The van der Waals surface area contributed by atoms with E-state index in [9.17, 15) is 9.90 Å². The van der Waals surface area contributed by atoms with Gasteiger partial charge in [-0.3, -0.25) is 9.69 Å². The molecule has 0 saturated heterocycles. The van der Waals surface area contributed by atoms with Crippen LogP contribution in [-0.2, 0) is 4.79 Å². The number of phenols is 1. The molecule has 0 amide bonds. The van der Waals surface area contributed by atoms with Crippen LogP contribution in [0.3, 0.4) is 0 Å². The first-order valence-corrected chi connectivity index (χ1v) is 6.39. The van der Waals surface area contributed by atoms with Crippen molar-refractivity contribution in [1.29, 1.82) is 0 Å². The molecule has 1 aliphatic heterocycles. The number of ether oxygens (including phenoxy) is 1. The third-order valence-corrected chi connectivity index (χ3v) is 3.13. The summed E-state index contributed by atoms with van der Waals surface area (Å²) >= 11 is 0. The summed E-state index contributed by atoms with van der Waals surface area (Å²) in [6, 6.07) is 4.92. The number of nitrogens with zero attached hydrogens (tertiary/aromatic N) is 1. The van der Waals surface area contributed by atoms with Crippen LogP contribution in [0.15, 0.2) is 18.2 Å². The van der Waals surface area contributed by atoms with Crippen molar-refractivity contribution in [2.75, 3.05) is 19.7 Å². The molecule has 1 atom stereocenters. The van der Waals surface area contributed by atoms with E-state index in [0.29, 0.717) is 24.8 Å². The minimum atomic E-state index is -0.840. The maximum absolute atomic E-state index is 11.0. The Labute approximate surface area is 112 Å². The number of aromatic hydroxyl groups is 1. The summed E-state index contributed by atoms with van der Waals surface area (Å²) in [4.78, 5) is 12.9. The Morgan fingerprint density at radius 1 is 1.53 bits per heavy atom. The van der Waals surface area contributed by atoms with Gasteiger partial charge in [-0.05, 0) is 18.1 Å². The topological polar surface area (TPSA) is 70.0 Å². The zero-order valence-electron chi connectivity index (χ0n) is 11.2. The number of fused-ring (bicyclic) bond motifs is 1.